The molecule has 1 rings (SSSR count). The summed E-state index contributed by atoms with van der Waals surface area (Å²) >= 11 is 0. The second-order valence-electron chi connectivity index (χ2n) is 5.42. The Bertz CT molecular complexity index is 740. The Morgan fingerprint density at radius 3 is 1.69 bits per heavy atom. The van der Waals surface area contributed by atoms with Crippen LogP contribution in [-0.4, -0.2) is 32.4 Å². The second-order valence-corrected chi connectivity index (χ2v) is 8.84. The molecule has 0 amide bonds. The van der Waals surface area contributed by atoms with Gasteiger partial charge < -0.3 is 4.13 Å². The normalized spacial score (nSPS) is 13.5. The standard InChI is InChI=1S/C9H17N2.C2F6NO4S2/c1-9(2)4-5-11-7-6-10(3)8-11;3-1(4,5)14(10,11)9-15(12,13)2(6,7)8/h6-9H,4-5H2,1-3H3;/q+1;-1. The Balaban J connectivity index is 0.000000502. The minimum atomic E-state index is -6.72. The fourth-order valence-electron chi connectivity index (χ4n) is 1.25. The molecule has 15 heteroatoms. The zero-order valence-electron chi connectivity index (χ0n) is 13.8. The summed E-state index contributed by atoms with van der Waals surface area (Å²) in [6, 6.07) is 0. The van der Waals surface area contributed by atoms with E-state index in [1.165, 1.54) is 6.42 Å². The van der Waals surface area contributed by atoms with E-state index in [0.29, 0.717) is 0 Å². The summed E-state index contributed by atoms with van der Waals surface area (Å²) in [7, 11) is -11.4. The minimum Gasteiger partial charge on any atom is -0.421 e. The molecule has 1 aromatic rings. The van der Waals surface area contributed by atoms with Crippen molar-refractivity contribution < 1.29 is 47.7 Å². The number of aryl methyl sites for hydroxylation is 2. The topological polar surface area (TPSA) is 91.2 Å². The van der Waals surface area contributed by atoms with Gasteiger partial charge in [-0.05, 0) is 12.3 Å². The van der Waals surface area contributed by atoms with Crippen molar-refractivity contribution in [3.8, 4) is 0 Å². The molecular weight excluding hydrogens is 416 g/mol. The van der Waals surface area contributed by atoms with E-state index >= 15 is 0 Å². The van der Waals surface area contributed by atoms with Crippen molar-refractivity contribution in [2.24, 2.45) is 13.0 Å². The van der Waals surface area contributed by atoms with Crippen LogP contribution in [0.4, 0.5) is 26.3 Å². The molecule has 1 aromatic heterocycles. The van der Waals surface area contributed by atoms with Crippen molar-refractivity contribution >= 4 is 20.0 Å². The van der Waals surface area contributed by atoms with Crippen LogP contribution in [-0.2, 0) is 33.6 Å². The Morgan fingerprint density at radius 1 is 1.00 bits per heavy atom. The number of rotatable bonds is 5. The summed E-state index contributed by atoms with van der Waals surface area (Å²) in [6.07, 6.45) is 7.56. The number of imidazole rings is 1. The van der Waals surface area contributed by atoms with Gasteiger partial charge >= 0.3 is 11.0 Å². The van der Waals surface area contributed by atoms with Gasteiger partial charge in [-0.3, -0.25) is 0 Å². The monoisotopic (exact) mass is 433 g/mol. The number of alkyl halides is 6. The highest BCUT2D eigenvalue weighted by Crippen LogP contribution is 2.36. The number of aromatic nitrogens is 2. The molecule has 1 heterocycles. The van der Waals surface area contributed by atoms with Crippen molar-refractivity contribution in [2.75, 3.05) is 0 Å². The Kier molecular flexibility index (Phi) is 8.11. The van der Waals surface area contributed by atoms with E-state index in [0.717, 1.165) is 16.6 Å². The van der Waals surface area contributed by atoms with Gasteiger partial charge in [0.05, 0.1) is 13.6 Å². The van der Waals surface area contributed by atoms with Gasteiger partial charge in [0.15, 0.2) is 20.0 Å². The Labute approximate surface area is 146 Å². The maximum absolute atomic E-state index is 11.4. The highest BCUT2D eigenvalue weighted by Gasteiger charge is 2.46. The molecule has 0 spiro atoms. The van der Waals surface area contributed by atoms with E-state index in [1.807, 2.05) is 7.05 Å². The highest BCUT2D eigenvalue weighted by atomic mass is 32.3. The first-order valence-corrected chi connectivity index (χ1v) is 9.65. The summed E-state index contributed by atoms with van der Waals surface area (Å²) in [5.74, 6) is 0.794. The molecule has 0 aliphatic heterocycles. The molecule has 0 N–H and O–H groups in total. The van der Waals surface area contributed by atoms with E-state index in [2.05, 4.69) is 41.7 Å². The smallest absolute Gasteiger partial charge is 0.421 e. The third kappa shape index (κ3) is 7.90. The molecule has 7 nitrogen and oxygen atoms in total. The molecule has 0 fully saturated rings. The van der Waals surface area contributed by atoms with Gasteiger partial charge in [0, 0.05) is 0 Å². The summed E-state index contributed by atoms with van der Waals surface area (Å²) in [5, 5.41) is 0. The maximum atomic E-state index is 11.4. The average molecular weight is 433 g/mol. The lowest BCUT2D eigenvalue weighted by Gasteiger charge is -2.22. The van der Waals surface area contributed by atoms with Gasteiger partial charge in [0.1, 0.15) is 12.4 Å². The maximum Gasteiger partial charge on any atom is 0.480 e. The van der Waals surface area contributed by atoms with Gasteiger partial charge in [-0.1, -0.05) is 13.8 Å². The molecule has 0 atom stereocenters. The van der Waals surface area contributed by atoms with Gasteiger partial charge in [-0.25, -0.2) is 26.0 Å². The molecule has 0 unspecified atom stereocenters. The van der Waals surface area contributed by atoms with E-state index in [4.69, 9.17) is 0 Å². The molecule has 0 aromatic carbocycles. The first-order chi connectivity index (χ1) is 11.4. The highest BCUT2D eigenvalue weighted by molar-refractivity contribution is 8.13. The Hall–Kier alpha value is -1.35. The van der Waals surface area contributed by atoms with Crippen molar-refractivity contribution in [2.45, 2.75) is 37.8 Å². The van der Waals surface area contributed by atoms with Crippen molar-refractivity contribution in [1.29, 1.82) is 0 Å². The SMILES string of the molecule is CC(C)CCn1cc[n+](C)c1.O=S(=O)([N-]S(=O)(=O)C(F)(F)F)C(F)(F)F. The van der Waals surface area contributed by atoms with Crippen LogP contribution in [0.15, 0.2) is 18.7 Å². The quantitative estimate of drug-likeness (QED) is 0.527. The summed E-state index contributed by atoms with van der Waals surface area (Å²) in [6.45, 7) is 5.64. The fourth-order valence-corrected chi connectivity index (χ4v) is 2.96. The third-order valence-corrected chi connectivity index (χ3v) is 5.31. The Morgan fingerprint density at radius 2 is 1.42 bits per heavy atom. The molecule has 0 bridgehead atoms. The lowest BCUT2D eigenvalue weighted by atomic mass is 10.1. The number of hydrogen-bond acceptors (Lipinski definition) is 4. The van der Waals surface area contributed by atoms with Crippen molar-refractivity contribution in [1.82, 2.24) is 4.57 Å². The lowest BCUT2D eigenvalue weighted by Crippen LogP contribution is -2.30. The van der Waals surface area contributed by atoms with E-state index in [9.17, 15) is 43.2 Å². The number of hydrogen-bond donors (Lipinski definition) is 0. The van der Waals surface area contributed by atoms with Gasteiger partial charge in [-0.2, -0.15) is 26.3 Å². The van der Waals surface area contributed by atoms with Crippen LogP contribution in [0.5, 0.6) is 0 Å². The van der Waals surface area contributed by atoms with Gasteiger partial charge in [0.2, 0.25) is 6.33 Å². The molecule has 0 aliphatic carbocycles. The van der Waals surface area contributed by atoms with Crippen molar-refractivity contribution in [3.63, 3.8) is 0 Å². The molecular formula is C11H17F6N3O4S2. The molecule has 0 saturated carbocycles. The van der Waals surface area contributed by atoms with Crippen LogP contribution in [0.25, 0.3) is 4.13 Å². The largest absolute Gasteiger partial charge is 0.480 e. The zero-order chi connectivity index (χ0) is 21.0. The molecule has 154 valence electrons. The fraction of sp³-hybridized carbons (Fsp3) is 0.727. The average Bonchev–Trinajstić information content (AvgIpc) is 2.79. The van der Waals surface area contributed by atoms with Crippen LogP contribution in [0, 0.1) is 5.92 Å². The predicted molar refractivity (Wildman–Crippen MR) is 78.4 cm³/mol. The molecule has 26 heavy (non-hydrogen) atoms. The molecule has 0 radical (unpaired) electrons. The van der Waals surface area contributed by atoms with Crippen LogP contribution in [0.2, 0.25) is 0 Å². The van der Waals surface area contributed by atoms with Crippen LogP contribution in [0.1, 0.15) is 20.3 Å². The number of halogens is 6. The third-order valence-electron chi connectivity index (χ3n) is 2.57. The number of sulfonamides is 2. The summed E-state index contributed by atoms with van der Waals surface area (Å²) in [5.41, 5.74) is -12.4. The van der Waals surface area contributed by atoms with E-state index in [-0.39, 0.29) is 0 Å². The predicted octanol–water partition coefficient (Wildman–Crippen LogP) is 2.42. The van der Waals surface area contributed by atoms with E-state index < -0.39 is 31.1 Å². The lowest BCUT2D eigenvalue weighted by molar-refractivity contribution is -0.671. The zero-order valence-corrected chi connectivity index (χ0v) is 15.4. The van der Waals surface area contributed by atoms with Crippen LogP contribution < -0.4 is 4.57 Å². The molecule has 0 aliphatic rings. The van der Waals surface area contributed by atoms with Gasteiger partial charge in [-0.15, -0.1) is 0 Å². The van der Waals surface area contributed by atoms with Crippen molar-refractivity contribution in [3.05, 3.63) is 22.8 Å². The first-order valence-electron chi connectivity index (χ1n) is 6.77. The number of nitrogens with zero attached hydrogens (tertiary/aromatic N) is 3. The first kappa shape index (κ1) is 24.7. The van der Waals surface area contributed by atoms with Crippen LogP contribution >= 0.6 is 0 Å². The minimum absolute atomic E-state index is 0.778. The van der Waals surface area contributed by atoms with Gasteiger partial charge in [0.25, 0.3) is 0 Å². The summed E-state index contributed by atoms with van der Waals surface area (Å²) < 4.78 is 113. The second kappa shape index (κ2) is 8.56. The van der Waals surface area contributed by atoms with Crippen LogP contribution in [0.3, 0.4) is 0 Å². The van der Waals surface area contributed by atoms with E-state index in [1.54, 1.807) is 0 Å². The molecule has 0 saturated heterocycles. The summed E-state index contributed by atoms with van der Waals surface area (Å²) in [4.78, 5) is 0.